The van der Waals surface area contributed by atoms with E-state index in [1.54, 1.807) is 0 Å². The van der Waals surface area contributed by atoms with Gasteiger partial charge in [-0.3, -0.25) is 4.90 Å². The van der Waals surface area contributed by atoms with Crippen molar-refractivity contribution in [3.05, 3.63) is 270 Å². The molecule has 0 saturated heterocycles. The van der Waals surface area contributed by atoms with Crippen LogP contribution in [0.2, 0.25) is 0 Å². The van der Waals surface area contributed by atoms with Gasteiger partial charge in [0.25, 0.3) is 0 Å². The van der Waals surface area contributed by atoms with Crippen LogP contribution in [0.3, 0.4) is 0 Å². The SMILES string of the molecule is [2H]c1c([2H])c([2H])c(-c2cccc(-c3cc(C(C)(C)C)cc(C(C)(C)C)c3)c2Nc2ccccc2Nc2cc(N(c3cc(C(C)(C)C)cc(C(C)(C)C)c3)c3ccc4c(c3)N(c3cc(C(C)(C)C)ccn3)c3ccccc3-c3cc(-c5ccccc5)ccc3-4)cc(C(C)(C)C)c2)c([2H])c1[2H]. The van der Waals surface area contributed by atoms with E-state index in [0.29, 0.717) is 11.3 Å². The van der Waals surface area contributed by atoms with Crippen LogP contribution in [0.25, 0.3) is 55.6 Å². The number of nitrogens with one attached hydrogen (secondary N) is 2. The molecule has 5 nitrogen and oxygen atoms in total. The van der Waals surface area contributed by atoms with Gasteiger partial charge < -0.3 is 15.5 Å². The molecule has 2 N–H and O–H groups in total. The number of anilines is 10. The van der Waals surface area contributed by atoms with Gasteiger partial charge in [0.15, 0.2) is 0 Å². The molecule has 10 aromatic carbocycles. The predicted molar refractivity (Wildman–Crippen MR) is 406 cm³/mol. The zero-order valence-electron chi connectivity index (χ0n) is 63.5. The minimum Gasteiger partial charge on any atom is -0.354 e. The highest BCUT2D eigenvalue weighted by molar-refractivity contribution is 6.04. The highest BCUT2D eigenvalue weighted by Gasteiger charge is 2.32. The van der Waals surface area contributed by atoms with Crippen molar-refractivity contribution in [1.29, 1.82) is 0 Å². The van der Waals surface area contributed by atoms with Crippen molar-refractivity contribution in [3.63, 3.8) is 0 Å². The van der Waals surface area contributed by atoms with Crippen LogP contribution in [-0.4, -0.2) is 4.98 Å². The summed E-state index contributed by atoms with van der Waals surface area (Å²) in [5.74, 6) is 0.824. The van der Waals surface area contributed by atoms with Crippen molar-refractivity contribution in [1.82, 2.24) is 4.98 Å². The molecule has 12 rings (SSSR count). The first-order valence-electron chi connectivity index (χ1n) is 35.8. The average molecular weight is 1240 g/mol. The molecule has 0 aliphatic carbocycles. The first kappa shape index (κ1) is 58.4. The fourth-order valence-corrected chi connectivity index (χ4v) is 12.6. The molecule has 1 aromatic heterocycles. The molecule has 0 saturated carbocycles. The van der Waals surface area contributed by atoms with Gasteiger partial charge in [-0.05, 0) is 178 Å². The van der Waals surface area contributed by atoms with Crippen LogP contribution in [0.15, 0.2) is 237 Å². The Kier molecular flexibility index (Phi) is 15.2. The summed E-state index contributed by atoms with van der Waals surface area (Å²) >= 11 is 0. The second kappa shape index (κ2) is 24.5. The lowest BCUT2D eigenvalue weighted by atomic mass is 9.78. The normalized spacial score (nSPS) is 13.5. The summed E-state index contributed by atoms with van der Waals surface area (Å²) < 4.78 is 45.2. The Morgan fingerprint density at radius 2 is 0.830 bits per heavy atom. The number of rotatable bonds is 11. The van der Waals surface area contributed by atoms with Crippen molar-refractivity contribution < 1.29 is 6.85 Å². The minimum atomic E-state index is -0.439. The van der Waals surface area contributed by atoms with Crippen molar-refractivity contribution in [3.8, 4) is 55.6 Å². The van der Waals surface area contributed by atoms with Crippen LogP contribution < -0.4 is 20.4 Å². The summed E-state index contributed by atoms with van der Waals surface area (Å²) in [4.78, 5) is 10.1. The molecule has 0 spiro atoms. The summed E-state index contributed by atoms with van der Waals surface area (Å²) in [6.07, 6.45) is 1.96. The molecule has 1 aliphatic rings. The summed E-state index contributed by atoms with van der Waals surface area (Å²) in [6, 6.07) is 70.7. The number of hydrogen-bond acceptors (Lipinski definition) is 5. The third kappa shape index (κ3) is 13.4. The van der Waals surface area contributed by atoms with E-state index in [-0.39, 0.29) is 50.1 Å². The molecular weight excluding hydrogens is 1140 g/mol. The van der Waals surface area contributed by atoms with Crippen LogP contribution >= 0.6 is 0 Å². The van der Waals surface area contributed by atoms with Crippen LogP contribution in [0.4, 0.5) is 57.0 Å². The van der Waals surface area contributed by atoms with Gasteiger partial charge in [0, 0.05) is 51.2 Å². The lowest BCUT2D eigenvalue weighted by Gasteiger charge is -2.34. The standard InChI is InChI=1S/C89H95N5/c1-84(2,3)62-44-45-90-82(55-62)94-80-39-28-25-34-75(80)77-48-60(58-30-21-19-22-31-58)40-42-74(77)76-43-41-69(57-81(76)94)93(70-52-65(87(10,11)12)50-66(53-70)88(13,14)15)71-54-67(89(16,17)18)51-68(56-71)91-78-37-26-27-38-79(78)92-83-72(59-32-23-20-24-33-59)35-29-36-73(83)61-46-63(85(4,5)6)49-64(47-61)86(7,8)9/h19-57,91-92H,1-18H3/i20D,23D,24D,32D,33D. The van der Waals surface area contributed by atoms with Gasteiger partial charge in [0.2, 0.25) is 0 Å². The summed E-state index contributed by atoms with van der Waals surface area (Å²) in [7, 11) is 0. The monoisotopic (exact) mass is 1240 g/mol. The zero-order valence-corrected chi connectivity index (χ0v) is 58.5. The Morgan fingerprint density at radius 3 is 1.44 bits per heavy atom. The molecule has 0 bridgehead atoms. The predicted octanol–water partition coefficient (Wildman–Crippen LogP) is 25.9. The molecule has 11 aromatic rings. The van der Waals surface area contributed by atoms with Crippen LogP contribution in [0.1, 0.15) is 165 Å². The summed E-state index contributed by atoms with van der Waals surface area (Å²) in [5.41, 5.74) is 22.8. The Morgan fingerprint density at radius 1 is 0.330 bits per heavy atom. The molecule has 1 aliphatic heterocycles. The van der Waals surface area contributed by atoms with E-state index in [0.717, 1.165) is 113 Å². The Hall–Kier alpha value is -9.45. The first-order chi connectivity index (χ1) is 46.4. The van der Waals surface area contributed by atoms with E-state index in [9.17, 15) is 2.74 Å². The second-order valence-electron chi connectivity index (χ2n) is 31.8. The minimum absolute atomic E-state index is 0.118. The van der Waals surface area contributed by atoms with Crippen molar-refractivity contribution in [2.75, 3.05) is 20.4 Å². The van der Waals surface area contributed by atoms with E-state index in [1.165, 1.54) is 16.7 Å². The quantitative estimate of drug-likeness (QED) is 0.135. The Balaban J connectivity index is 1.09. The Labute approximate surface area is 569 Å². The largest absolute Gasteiger partial charge is 0.354 e. The third-order valence-corrected chi connectivity index (χ3v) is 18.4. The van der Waals surface area contributed by atoms with Gasteiger partial charge in [-0.25, -0.2) is 4.98 Å². The number of benzene rings is 10. The average Bonchev–Trinajstić information content (AvgIpc) is 1.65. The number of para-hydroxylation sites is 4. The number of hydrogen-bond donors (Lipinski definition) is 2. The van der Waals surface area contributed by atoms with Crippen LogP contribution in [0, 0.1) is 0 Å². The maximum Gasteiger partial charge on any atom is 0.137 e. The van der Waals surface area contributed by atoms with Gasteiger partial charge in [-0.15, -0.1) is 0 Å². The van der Waals surface area contributed by atoms with E-state index >= 15 is 0 Å². The maximum atomic E-state index is 9.38. The smallest absolute Gasteiger partial charge is 0.137 e. The maximum absolute atomic E-state index is 9.38. The molecule has 0 fully saturated rings. The van der Waals surface area contributed by atoms with Gasteiger partial charge in [0.1, 0.15) is 5.82 Å². The first-order valence-corrected chi connectivity index (χ1v) is 33.3. The molecule has 0 amide bonds. The van der Waals surface area contributed by atoms with E-state index in [2.05, 4.69) is 315 Å². The highest BCUT2D eigenvalue weighted by atomic mass is 15.2. The Bertz CT molecular complexity index is 4830. The van der Waals surface area contributed by atoms with Crippen molar-refractivity contribution >= 4 is 57.0 Å². The van der Waals surface area contributed by atoms with Gasteiger partial charge in [0.05, 0.1) is 35.3 Å². The van der Waals surface area contributed by atoms with Crippen molar-refractivity contribution in [2.45, 2.75) is 157 Å². The molecule has 0 radical (unpaired) electrons. The van der Waals surface area contributed by atoms with Crippen LogP contribution in [-0.2, 0) is 32.5 Å². The van der Waals surface area contributed by atoms with Crippen LogP contribution in [0.5, 0.6) is 0 Å². The lowest BCUT2D eigenvalue weighted by molar-refractivity contribution is 0.568. The van der Waals surface area contributed by atoms with Gasteiger partial charge in [-0.2, -0.15) is 0 Å². The fraction of sp³-hybridized carbons (Fsp3) is 0.270. The molecule has 2 heterocycles. The fourth-order valence-electron chi connectivity index (χ4n) is 12.6. The molecule has 5 heteroatoms. The lowest BCUT2D eigenvalue weighted by Crippen LogP contribution is -2.20. The number of aromatic nitrogens is 1. The highest BCUT2D eigenvalue weighted by Crippen LogP contribution is 2.54. The van der Waals surface area contributed by atoms with E-state index in [1.807, 2.05) is 36.5 Å². The van der Waals surface area contributed by atoms with E-state index in [4.69, 9.17) is 9.10 Å². The van der Waals surface area contributed by atoms with Gasteiger partial charge >= 0.3 is 0 Å². The molecule has 476 valence electrons. The molecule has 0 atom stereocenters. The number of pyridine rings is 1. The summed E-state index contributed by atoms with van der Waals surface area (Å²) in [6.45, 7) is 40.7. The molecule has 0 unspecified atom stereocenters. The number of fused-ring (bicyclic) bond motifs is 5. The second-order valence-corrected chi connectivity index (χ2v) is 31.8. The number of nitrogens with zero attached hydrogens (tertiary/aromatic N) is 3. The third-order valence-electron chi connectivity index (χ3n) is 18.4. The topological polar surface area (TPSA) is 43.4 Å². The zero-order chi connectivity index (χ0) is 71.2. The van der Waals surface area contributed by atoms with E-state index < -0.39 is 18.1 Å². The molecular formula is C89H95N5. The molecule has 94 heavy (non-hydrogen) atoms. The summed E-state index contributed by atoms with van der Waals surface area (Å²) in [5, 5.41) is 7.87. The van der Waals surface area contributed by atoms with Crippen molar-refractivity contribution in [2.24, 2.45) is 0 Å². The van der Waals surface area contributed by atoms with Gasteiger partial charge in [-0.1, -0.05) is 276 Å².